The molecule has 2 aromatic carbocycles. The number of benzene rings is 2. The zero-order chi connectivity index (χ0) is 23.8. The number of methoxy groups -OCH3 is 2. The molecule has 2 aliphatic heterocycles. The monoisotopic (exact) mass is 500 g/mol. The fourth-order valence-electron chi connectivity index (χ4n) is 4.63. The lowest BCUT2D eigenvalue weighted by atomic mass is 9.99. The first-order valence-electron chi connectivity index (χ1n) is 11.4. The number of rotatable bonds is 6. The van der Waals surface area contributed by atoms with Crippen LogP contribution in [0.4, 0.5) is 0 Å². The molecule has 2 saturated heterocycles. The van der Waals surface area contributed by atoms with Crippen LogP contribution in [0.15, 0.2) is 30.5 Å². The van der Waals surface area contributed by atoms with E-state index in [9.17, 15) is 4.79 Å². The molecule has 0 unspecified atom stereocenters. The first-order chi connectivity index (χ1) is 16.5. The van der Waals surface area contributed by atoms with Gasteiger partial charge in [-0.1, -0.05) is 29.3 Å². The van der Waals surface area contributed by atoms with Crippen molar-refractivity contribution in [2.24, 2.45) is 5.92 Å². The Bertz CT molecular complexity index is 1220. The van der Waals surface area contributed by atoms with E-state index < -0.39 is 0 Å². The van der Waals surface area contributed by atoms with E-state index in [1.807, 2.05) is 29.3 Å². The normalized spacial score (nSPS) is 19.8. The summed E-state index contributed by atoms with van der Waals surface area (Å²) in [5.41, 5.74) is 2.30. The van der Waals surface area contributed by atoms with Crippen LogP contribution in [-0.4, -0.2) is 60.7 Å². The van der Waals surface area contributed by atoms with Crippen LogP contribution in [-0.2, 0) is 11.2 Å². The SMILES string of the molecule is COc1cc(OC)c(Cl)c(-c2ccc3nc(C[C@@H]4CN[C@H](C(=O)N5CCC5)C4)ncc3c2)c1Cl. The molecule has 178 valence electrons. The summed E-state index contributed by atoms with van der Waals surface area (Å²) in [6, 6.07) is 7.43. The third-order valence-electron chi connectivity index (χ3n) is 6.65. The molecule has 5 rings (SSSR count). The molecule has 0 aliphatic carbocycles. The molecule has 7 nitrogen and oxygen atoms in total. The Labute approximate surface area is 208 Å². The molecule has 34 heavy (non-hydrogen) atoms. The van der Waals surface area contributed by atoms with Gasteiger partial charge in [0.05, 0.1) is 35.8 Å². The van der Waals surface area contributed by atoms with E-state index in [0.717, 1.165) is 61.2 Å². The quantitative estimate of drug-likeness (QED) is 0.541. The van der Waals surface area contributed by atoms with Gasteiger partial charge in [-0.2, -0.15) is 0 Å². The summed E-state index contributed by atoms with van der Waals surface area (Å²) < 4.78 is 10.8. The maximum absolute atomic E-state index is 12.5. The van der Waals surface area contributed by atoms with Crippen molar-refractivity contribution in [3.8, 4) is 22.6 Å². The maximum atomic E-state index is 12.5. The molecule has 0 bridgehead atoms. The summed E-state index contributed by atoms with van der Waals surface area (Å²) in [5.74, 6) is 2.32. The lowest BCUT2D eigenvalue weighted by Crippen LogP contribution is -2.49. The second-order valence-electron chi connectivity index (χ2n) is 8.79. The van der Waals surface area contributed by atoms with Gasteiger partial charge in [0.15, 0.2) is 0 Å². The molecule has 2 fully saturated rings. The van der Waals surface area contributed by atoms with Crippen LogP contribution >= 0.6 is 23.2 Å². The minimum Gasteiger partial charge on any atom is -0.495 e. The molecule has 2 aliphatic rings. The summed E-state index contributed by atoms with van der Waals surface area (Å²) in [7, 11) is 3.11. The van der Waals surface area contributed by atoms with Crippen molar-refractivity contribution >= 4 is 40.0 Å². The van der Waals surface area contributed by atoms with Gasteiger partial charge in [-0.15, -0.1) is 0 Å². The van der Waals surface area contributed by atoms with Gasteiger partial charge in [-0.05, 0) is 43.0 Å². The zero-order valence-corrected chi connectivity index (χ0v) is 20.6. The van der Waals surface area contributed by atoms with E-state index >= 15 is 0 Å². The van der Waals surface area contributed by atoms with Crippen LogP contribution in [0.3, 0.4) is 0 Å². The van der Waals surface area contributed by atoms with Gasteiger partial charge >= 0.3 is 0 Å². The predicted molar refractivity (Wildman–Crippen MR) is 133 cm³/mol. The highest BCUT2D eigenvalue weighted by molar-refractivity contribution is 6.41. The number of amides is 1. The second kappa shape index (κ2) is 9.56. The van der Waals surface area contributed by atoms with Crippen LogP contribution < -0.4 is 14.8 Å². The molecule has 2 atom stereocenters. The molecule has 3 aromatic rings. The standard InChI is InChI=1S/C25H26Cl2N4O3/c1-33-19-11-20(34-2)24(27)22(23(19)26)15-4-5-17-16(10-15)13-29-21(30-17)9-14-8-18(28-12-14)25(32)31-6-3-7-31/h4-5,10-11,13-14,18,28H,3,6-9,12H2,1-2H3/t14-,18+/m1/s1. The highest BCUT2D eigenvalue weighted by atomic mass is 35.5. The molecular weight excluding hydrogens is 475 g/mol. The average Bonchev–Trinajstić information content (AvgIpc) is 3.27. The van der Waals surface area contributed by atoms with Crippen molar-refractivity contribution in [1.82, 2.24) is 20.2 Å². The zero-order valence-electron chi connectivity index (χ0n) is 19.1. The molecule has 0 radical (unpaired) electrons. The summed E-state index contributed by atoms with van der Waals surface area (Å²) in [5, 5.41) is 5.09. The topological polar surface area (TPSA) is 76.6 Å². The number of aromatic nitrogens is 2. The largest absolute Gasteiger partial charge is 0.495 e. The Morgan fingerprint density at radius 1 is 1.15 bits per heavy atom. The van der Waals surface area contributed by atoms with Crippen LogP contribution in [0, 0.1) is 5.92 Å². The predicted octanol–water partition coefficient (Wildman–Crippen LogP) is 4.37. The van der Waals surface area contributed by atoms with Gasteiger partial charge in [-0.3, -0.25) is 4.79 Å². The van der Waals surface area contributed by atoms with Crippen LogP contribution in [0.2, 0.25) is 10.0 Å². The van der Waals surface area contributed by atoms with E-state index in [0.29, 0.717) is 33.0 Å². The number of halogens is 2. The third-order valence-corrected chi connectivity index (χ3v) is 7.40. The van der Waals surface area contributed by atoms with Crippen molar-refractivity contribution in [2.45, 2.75) is 25.3 Å². The Balaban J connectivity index is 1.36. The van der Waals surface area contributed by atoms with Crippen molar-refractivity contribution in [3.05, 3.63) is 46.3 Å². The summed E-state index contributed by atoms with van der Waals surface area (Å²) >= 11 is 13.2. The highest BCUT2D eigenvalue weighted by Gasteiger charge is 2.34. The highest BCUT2D eigenvalue weighted by Crippen LogP contribution is 2.46. The number of fused-ring (bicyclic) bond motifs is 1. The minimum atomic E-state index is -0.0809. The van der Waals surface area contributed by atoms with Crippen LogP contribution in [0.5, 0.6) is 11.5 Å². The number of likely N-dealkylation sites (tertiary alicyclic amines) is 1. The van der Waals surface area contributed by atoms with E-state index in [2.05, 4.69) is 10.3 Å². The van der Waals surface area contributed by atoms with Crippen molar-refractivity contribution in [2.75, 3.05) is 33.9 Å². The molecule has 1 N–H and O–H groups in total. The molecule has 3 heterocycles. The number of carbonyl (C=O) groups excluding carboxylic acids is 1. The molecular formula is C25H26Cl2N4O3. The number of hydrogen-bond acceptors (Lipinski definition) is 6. The van der Waals surface area contributed by atoms with Gasteiger partial charge < -0.3 is 19.7 Å². The Morgan fingerprint density at radius 3 is 2.53 bits per heavy atom. The number of nitrogens with zero attached hydrogens (tertiary/aromatic N) is 3. The summed E-state index contributed by atoms with van der Waals surface area (Å²) in [6.45, 7) is 2.58. The van der Waals surface area contributed by atoms with E-state index in [1.54, 1.807) is 20.3 Å². The number of ether oxygens (including phenoxy) is 2. The lowest BCUT2D eigenvalue weighted by Gasteiger charge is -2.33. The lowest BCUT2D eigenvalue weighted by molar-refractivity contribution is -0.136. The molecule has 1 aromatic heterocycles. The van der Waals surface area contributed by atoms with Crippen molar-refractivity contribution in [3.63, 3.8) is 0 Å². The number of carbonyl (C=O) groups is 1. The molecule has 0 spiro atoms. The maximum Gasteiger partial charge on any atom is 0.239 e. The molecule has 0 saturated carbocycles. The van der Waals surface area contributed by atoms with Crippen molar-refractivity contribution < 1.29 is 14.3 Å². The smallest absolute Gasteiger partial charge is 0.239 e. The minimum absolute atomic E-state index is 0.0809. The fraction of sp³-hybridized carbons (Fsp3) is 0.400. The van der Waals surface area contributed by atoms with Gasteiger partial charge in [0.2, 0.25) is 5.91 Å². The van der Waals surface area contributed by atoms with E-state index in [-0.39, 0.29) is 11.9 Å². The Hall–Kier alpha value is -2.61. The summed E-state index contributed by atoms with van der Waals surface area (Å²) in [4.78, 5) is 23.8. The van der Waals surface area contributed by atoms with Crippen LogP contribution in [0.25, 0.3) is 22.0 Å². The Kier molecular flexibility index (Phi) is 6.51. The van der Waals surface area contributed by atoms with Crippen LogP contribution in [0.1, 0.15) is 18.7 Å². The second-order valence-corrected chi connectivity index (χ2v) is 9.55. The van der Waals surface area contributed by atoms with Gasteiger partial charge in [0.1, 0.15) is 17.3 Å². The number of nitrogens with one attached hydrogen (secondary N) is 1. The van der Waals surface area contributed by atoms with Gasteiger partial charge in [0.25, 0.3) is 0 Å². The average molecular weight is 501 g/mol. The third kappa shape index (κ3) is 4.28. The van der Waals surface area contributed by atoms with Crippen molar-refractivity contribution in [1.29, 1.82) is 0 Å². The number of hydrogen-bond donors (Lipinski definition) is 1. The van der Waals surface area contributed by atoms with Gasteiger partial charge in [0, 0.05) is 42.7 Å². The summed E-state index contributed by atoms with van der Waals surface area (Å²) in [6.07, 6.45) is 4.49. The first kappa shape index (κ1) is 23.1. The van der Waals surface area contributed by atoms with Gasteiger partial charge in [-0.25, -0.2) is 9.97 Å². The first-order valence-corrected chi connectivity index (χ1v) is 12.1. The van der Waals surface area contributed by atoms with E-state index in [1.165, 1.54) is 0 Å². The van der Waals surface area contributed by atoms with E-state index in [4.69, 9.17) is 37.7 Å². The fourth-order valence-corrected chi connectivity index (χ4v) is 5.35. The molecule has 9 heteroatoms. The molecule has 1 amide bonds. The Morgan fingerprint density at radius 2 is 1.88 bits per heavy atom.